The number of guanidine groups is 1. The Balaban J connectivity index is 1.81. The third-order valence-corrected chi connectivity index (χ3v) is 6.33. The highest BCUT2D eigenvalue weighted by Crippen LogP contribution is 2.28. The van der Waals surface area contributed by atoms with Crippen LogP contribution in [0.4, 0.5) is 4.79 Å². The molecule has 3 unspecified atom stereocenters. The van der Waals surface area contributed by atoms with Crippen molar-refractivity contribution in [2.45, 2.75) is 32.9 Å². The van der Waals surface area contributed by atoms with E-state index in [2.05, 4.69) is 18.4 Å². The Bertz CT molecular complexity index is 915. The molecule has 3 aliphatic heterocycles. The van der Waals surface area contributed by atoms with Crippen molar-refractivity contribution < 1.29 is 14.2 Å². The predicted octanol–water partition coefficient (Wildman–Crippen LogP) is 2.49. The number of nitrogens with zero attached hydrogens (tertiary/aromatic N) is 5. The number of carbonyl (C=O) groups excluding carboxylic acids is 2. The van der Waals surface area contributed by atoms with E-state index in [9.17, 15) is 9.59 Å². The van der Waals surface area contributed by atoms with Crippen molar-refractivity contribution in [1.29, 1.82) is 0 Å². The third-order valence-electron chi connectivity index (χ3n) is 5.96. The Labute approximate surface area is 176 Å². The average Bonchev–Trinajstić information content (AvgIpc) is 3.05. The molecule has 0 N–H and O–H groups in total. The highest BCUT2D eigenvalue weighted by molar-refractivity contribution is 6.31. The van der Waals surface area contributed by atoms with E-state index in [1.807, 2.05) is 29.2 Å². The molecular formula is C21H27ClN5O2+. The summed E-state index contributed by atoms with van der Waals surface area (Å²) in [6.45, 7) is 6.69. The van der Waals surface area contributed by atoms with Gasteiger partial charge in [0.05, 0.1) is 19.6 Å². The zero-order chi connectivity index (χ0) is 20.9. The van der Waals surface area contributed by atoms with Crippen LogP contribution in [0.15, 0.2) is 29.3 Å². The van der Waals surface area contributed by atoms with E-state index < -0.39 is 6.04 Å². The van der Waals surface area contributed by atoms with E-state index in [0.29, 0.717) is 29.2 Å². The summed E-state index contributed by atoms with van der Waals surface area (Å²) in [5.41, 5.74) is 0.927. The molecule has 0 saturated carbocycles. The van der Waals surface area contributed by atoms with Gasteiger partial charge >= 0.3 is 12.0 Å². The van der Waals surface area contributed by atoms with Crippen LogP contribution in [-0.2, 0) is 11.3 Å². The van der Waals surface area contributed by atoms with Gasteiger partial charge in [0.15, 0.2) is 0 Å². The molecule has 2 fully saturated rings. The minimum atomic E-state index is -0.624. The summed E-state index contributed by atoms with van der Waals surface area (Å²) < 4.78 is 2.26. The van der Waals surface area contributed by atoms with E-state index in [0.717, 1.165) is 24.6 Å². The van der Waals surface area contributed by atoms with Crippen molar-refractivity contribution >= 4 is 35.3 Å². The molecule has 3 heterocycles. The van der Waals surface area contributed by atoms with Crippen molar-refractivity contribution in [3.05, 3.63) is 34.9 Å². The molecule has 7 nitrogen and oxygen atoms in total. The lowest BCUT2D eigenvalue weighted by Gasteiger charge is -2.33. The van der Waals surface area contributed by atoms with Crippen LogP contribution < -0.4 is 0 Å². The molecule has 29 heavy (non-hydrogen) atoms. The number of amides is 3. The number of hydrogen-bond donors (Lipinski definition) is 0. The monoisotopic (exact) mass is 416 g/mol. The van der Waals surface area contributed by atoms with Crippen LogP contribution in [0.25, 0.3) is 0 Å². The first-order valence-corrected chi connectivity index (χ1v) is 10.4. The standard InChI is InChI=1S/C21H27ClN5O2/c1-13-9-14(2)11-26(10-13)20-23-18-17(19(28)25(4)21(29)24(18)3)27(20)12-15-7-5-6-8-16(15)22/h5-8,13-14,17H,9-12H2,1-4H3/q+1. The fourth-order valence-electron chi connectivity index (χ4n) is 4.64. The van der Waals surface area contributed by atoms with E-state index in [-0.39, 0.29) is 11.9 Å². The van der Waals surface area contributed by atoms with Gasteiger partial charge in [0.1, 0.15) is 0 Å². The third kappa shape index (κ3) is 3.41. The van der Waals surface area contributed by atoms with Crippen molar-refractivity contribution in [1.82, 2.24) is 14.7 Å². The van der Waals surface area contributed by atoms with Gasteiger partial charge in [0.25, 0.3) is 5.91 Å². The second-order valence-electron chi connectivity index (χ2n) is 8.48. The van der Waals surface area contributed by atoms with Crippen molar-refractivity contribution in [3.63, 3.8) is 0 Å². The molecule has 3 amide bonds. The Morgan fingerprint density at radius 1 is 1.10 bits per heavy atom. The van der Waals surface area contributed by atoms with Gasteiger partial charge in [-0.25, -0.2) is 9.69 Å². The zero-order valence-corrected chi connectivity index (χ0v) is 18.1. The second kappa shape index (κ2) is 7.44. The molecule has 0 aliphatic carbocycles. The molecule has 0 aromatic heterocycles. The number of aliphatic imine (C=N–C) groups is 1. The summed E-state index contributed by atoms with van der Waals surface area (Å²) in [5.74, 6) is 2.06. The van der Waals surface area contributed by atoms with Crippen molar-refractivity contribution in [2.24, 2.45) is 16.8 Å². The summed E-state index contributed by atoms with van der Waals surface area (Å²) in [5, 5.41) is 0.654. The summed E-state index contributed by atoms with van der Waals surface area (Å²) >= 11 is 6.43. The highest BCUT2D eigenvalue weighted by Gasteiger charge is 2.55. The Kier molecular flexibility index (Phi) is 5.11. The van der Waals surface area contributed by atoms with Gasteiger partial charge in [-0.05, 0) is 24.3 Å². The van der Waals surface area contributed by atoms with Crippen LogP contribution in [0.5, 0.6) is 0 Å². The molecule has 1 aromatic rings. The number of imide groups is 1. The number of rotatable bonds is 2. The van der Waals surface area contributed by atoms with Gasteiger partial charge in [0, 0.05) is 24.7 Å². The fraction of sp³-hybridized carbons (Fsp3) is 0.524. The minimum absolute atomic E-state index is 0.257. The highest BCUT2D eigenvalue weighted by atomic mass is 35.5. The van der Waals surface area contributed by atoms with Crippen LogP contribution in [0.2, 0.25) is 5.02 Å². The first-order valence-electron chi connectivity index (χ1n) is 10.0. The predicted molar refractivity (Wildman–Crippen MR) is 112 cm³/mol. The molecular weight excluding hydrogens is 390 g/mol. The summed E-state index contributed by atoms with van der Waals surface area (Å²) in [7, 11) is 3.20. The molecule has 154 valence electrons. The van der Waals surface area contributed by atoms with Gasteiger partial charge in [-0.15, -0.1) is 0 Å². The Hall–Kier alpha value is -2.41. The topological polar surface area (TPSA) is 59.2 Å². The number of benzene rings is 1. The SMILES string of the molecule is CC1CC(C)C[N+](=C2N=C3C(C(=O)N(C)C(=O)N3C)N2Cc2ccccc2Cl)C1. The van der Waals surface area contributed by atoms with Gasteiger partial charge in [-0.2, -0.15) is 0 Å². The van der Waals surface area contributed by atoms with E-state index >= 15 is 0 Å². The van der Waals surface area contributed by atoms with Gasteiger partial charge in [-0.1, -0.05) is 48.6 Å². The van der Waals surface area contributed by atoms with Crippen LogP contribution >= 0.6 is 11.6 Å². The van der Waals surface area contributed by atoms with E-state index in [4.69, 9.17) is 16.6 Å². The maximum atomic E-state index is 13.1. The van der Waals surface area contributed by atoms with Crippen molar-refractivity contribution in [3.8, 4) is 0 Å². The lowest BCUT2D eigenvalue weighted by molar-refractivity contribution is -0.557. The molecule has 0 bridgehead atoms. The molecule has 0 radical (unpaired) electrons. The fourth-order valence-corrected chi connectivity index (χ4v) is 4.83. The zero-order valence-electron chi connectivity index (χ0n) is 17.3. The smallest absolute Gasteiger partial charge is 0.270 e. The molecule has 3 aliphatic rings. The number of carbonyl (C=O) groups is 2. The molecule has 1 aromatic carbocycles. The average molecular weight is 417 g/mol. The molecule has 8 heteroatoms. The number of piperidine rings is 1. The number of urea groups is 1. The summed E-state index contributed by atoms with van der Waals surface area (Å²) in [4.78, 5) is 35.1. The van der Waals surface area contributed by atoms with Crippen molar-refractivity contribution in [2.75, 3.05) is 27.2 Å². The molecule has 3 atom stereocenters. The first kappa shape index (κ1) is 19.9. The van der Waals surface area contributed by atoms with Gasteiger partial charge < -0.3 is 0 Å². The minimum Gasteiger partial charge on any atom is -0.270 e. The van der Waals surface area contributed by atoms with E-state index in [1.54, 1.807) is 7.05 Å². The lowest BCUT2D eigenvalue weighted by Crippen LogP contribution is -2.62. The van der Waals surface area contributed by atoms with Crippen LogP contribution in [0.3, 0.4) is 0 Å². The van der Waals surface area contributed by atoms with Gasteiger partial charge in [-0.3, -0.25) is 19.2 Å². The van der Waals surface area contributed by atoms with E-state index in [1.165, 1.54) is 23.3 Å². The first-order chi connectivity index (χ1) is 13.8. The maximum Gasteiger partial charge on any atom is 0.392 e. The molecule has 0 spiro atoms. The normalized spacial score (nSPS) is 27.6. The summed E-state index contributed by atoms with van der Waals surface area (Å²) in [6, 6.07) is 6.66. The Morgan fingerprint density at radius 2 is 1.76 bits per heavy atom. The summed E-state index contributed by atoms with van der Waals surface area (Å²) in [6.07, 6.45) is 1.17. The van der Waals surface area contributed by atoms with Crippen LogP contribution in [-0.4, -0.2) is 76.2 Å². The maximum absolute atomic E-state index is 13.1. The largest absolute Gasteiger partial charge is 0.392 e. The number of amidine groups is 1. The van der Waals surface area contributed by atoms with Crippen LogP contribution in [0, 0.1) is 11.8 Å². The Morgan fingerprint density at radius 3 is 2.41 bits per heavy atom. The quantitative estimate of drug-likeness (QED) is 0.696. The number of likely N-dealkylation sites (N-methyl/N-ethyl adjacent to an activating group) is 2. The number of fused-ring (bicyclic) bond motifs is 1. The van der Waals surface area contributed by atoms with Crippen LogP contribution in [0.1, 0.15) is 25.8 Å². The molecule has 2 saturated heterocycles. The van der Waals surface area contributed by atoms with Gasteiger partial charge in [0.2, 0.25) is 11.9 Å². The number of halogens is 1. The number of hydrogen-bond acceptors (Lipinski definition) is 2. The second-order valence-corrected chi connectivity index (χ2v) is 8.89. The molecule has 4 rings (SSSR count). The lowest BCUT2D eigenvalue weighted by atomic mass is 9.93.